The number of halogens is 2. The number of benzene rings is 1. The van der Waals surface area contributed by atoms with Crippen molar-refractivity contribution in [3.05, 3.63) is 33.7 Å². The van der Waals surface area contributed by atoms with Gasteiger partial charge in [0.2, 0.25) is 0 Å². The second-order valence-electron chi connectivity index (χ2n) is 5.15. The molecule has 0 N–H and O–H groups in total. The summed E-state index contributed by atoms with van der Waals surface area (Å²) in [5.41, 5.74) is 1.44. The van der Waals surface area contributed by atoms with E-state index in [1.807, 2.05) is 0 Å². The van der Waals surface area contributed by atoms with E-state index in [0.717, 1.165) is 12.8 Å². The summed E-state index contributed by atoms with van der Waals surface area (Å²) in [5, 5.41) is 13.6. The summed E-state index contributed by atoms with van der Waals surface area (Å²) >= 11 is 3.36. The number of ether oxygens (including phenoxy) is 1. The highest BCUT2D eigenvalue weighted by Gasteiger charge is 2.28. The Morgan fingerprint density at radius 3 is 2.76 bits per heavy atom. The molecule has 1 aromatic heterocycles. The molecule has 0 radical (unpaired) electrons. The van der Waals surface area contributed by atoms with Crippen molar-refractivity contribution in [2.75, 3.05) is 0 Å². The lowest BCUT2D eigenvalue weighted by Crippen LogP contribution is -2.05. The van der Waals surface area contributed by atoms with Crippen LogP contribution in [0.15, 0.2) is 16.7 Å². The zero-order valence-corrected chi connectivity index (χ0v) is 13.2. The summed E-state index contributed by atoms with van der Waals surface area (Å²) in [6, 6.07) is 3.68. The van der Waals surface area contributed by atoms with Crippen LogP contribution in [0.25, 0.3) is 11.3 Å². The number of nitrogens with zero attached hydrogens (tertiary/aromatic N) is 3. The Hall–Kier alpha value is -1.87. The maximum atomic E-state index is 14.6. The second-order valence-corrected chi connectivity index (χ2v) is 6.00. The Labute approximate surface area is 130 Å². The van der Waals surface area contributed by atoms with Crippen molar-refractivity contribution < 1.29 is 9.13 Å². The van der Waals surface area contributed by atoms with E-state index < -0.39 is 5.82 Å². The lowest BCUT2D eigenvalue weighted by atomic mass is 10.00. The Kier molecular flexibility index (Phi) is 3.46. The predicted octanol–water partition coefficient (Wildman–Crippen LogP) is 3.71. The fourth-order valence-electron chi connectivity index (χ4n) is 2.25. The summed E-state index contributed by atoms with van der Waals surface area (Å²) in [6.45, 7) is 1.67. The molecule has 21 heavy (non-hydrogen) atoms. The summed E-state index contributed by atoms with van der Waals surface area (Å²) in [7, 11) is 1.71. The number of hydrogen-bond donors (Lipinski definition) is 0. The first-order valence-corrected chi connectivity index (χ1v) is 7.40. The van der Waals surface area contributed by atoms with Gasteiger partial charge in [0.15, 0.2) is 0 Å². The molecule has 0 amide bonds. The average molecular weight is 350 g/mol. The van der Waals surface area contributed by atoms with E-state index >= 15 is 0 Å². The quantitative estimate of drug-likeness (QED) is 0.848. The molecule has 3 rings (SSSR count). The third-order valence-corrected chi connectivity index (χ3v) is 4.05. The topological polar surface area (TPSA) is 50.8 Å². The van der Waals surface area contributed by atoms with E-state index in [-0.39, 0.29) is 17.2 Å². The first-order chi connectivity index (χ1) is 10.0. The SMILES string of the molecule is Cc1cc(OC2CC2)c(C#N)c(-c2c(Br)cnn2C)c1F. The highest BCUT2D eigenvalue weighted by atomic mass is 79.9. The van der Waals surface area contributed by atoms with Gasteiger partial charge < -0.3 is 4.74 Å². The van der Waals surface area contributed by atoms with Crippen LogP contribution >= 0.6 is 15.9 Å². The highest BCUT2D eigenvalue weighted by molar-refractivity contribution is 9.10. The van der Waals surface area contributed by atoms with E-state index in [1.54, 1.807) is 30.9 Å². The van der Waals surface area contributed by atoms with Crippen molar-refractivity contribution in [1.82, 2.24) is 9.78 Å². The minimum atomic E-state index is -0.418. The molecule has 0 bridgehead atoms. The Morgan fingerprint density at radius 1 is 1.52 bits per heavy atom. The standard InChI is InChI=1S/C15H13BrFN3O/c1-8-5-12(21-9-3-4-9)10(6-18)13(14(8)17)15-11(16)7-19-20(15)2/h5,7,9H,3-4H2,1-2H3. The molecule has 2 aromatic rings. The van der Waals surface area contributed by atoms with Gasteiger partial charge in [-0.3, -0.25) is 4.68 Å². The molecule has 1 aliphatic carbocycles. The molecule has 0 atom stereocenters. The van der Waals surface area contributed by atoms with Gasteiger partial charge >= 0.3 is 0 Å². The lowest BCUT2D eigenvalue weighted by molar-refractivity contribution is 0.301. The molecular formula is C15H13BrFN3O. The Bertz CT molecular complexity index is 740. The van der Waals surface area contributed by atoms with Crippen LogP contribution in [0.3, 0.4) is 0 Å². The number of aryl methyl sites for hydroxylation is 2. The summed E-state index contributed by atoms with van der Waals surface area (Å²) in [4.78, 5) is 0. The molecule has 0 unspecified atom stereocenters. The summed E-state index contributed by atoms with van der Waals surface area (Å²) in [5.74, 6) is 0.0287. The van der Waals surface area contributed by atoms with Crippen LogP contribution in [-0.4, -0.2) is 15.9 Å². The van der Waals surface area contributed by atoms with Crippen LogP contribution in [0.2, 0.25) is 0 Å². The lowest BCUT2D eigenvalue weighted by Gasteiger charge is -2.14. The van der Waals surface area contributed by atoms with Gasteiger partial charge in [0.1, 0.15) is 23.2 Å². The smallest absolute Gasteiger partial charge is 0.138 e. The Balaban J connectivity index is 2.27. The highest BCUT2D eigenvalue weighted by Crippen LogP contribution is 2.39. The number of rotatable bonds is 3. The molecule has 1 fully saturated rings. The third-order valence-electron chi connectivity index (χ3n) is 3.47. The van der Waals surface area contributed by atoms with E-state index in [2.05, 4.69) is 27.1 Å². The maximum absolute atomic E-state index is 14.6. The maximum Gasteiger partial charge on any atom is 0.138 e. The number of aromatic nitrogens is 2. The zero-order valence-electron chi connectivity index (χ0n) is 11.7. The van der Waals surface area contributed by atoms with Crippen LogP contribution in [0.1, 0.15) is 24.0 Å². The molecule has 108 valence electrons. The first-order valence-electron chi connectivity index (χ1n) is 6.60. The van der Waals surface area contributed by atoms with Crippen molar-refractivity contribution >= 4 is 15.9 Å². The second kappa shape index (κ2) is 5.15. The van der Waals surface area contributed by atoms with Crippen LogP contribution < -0.4 is 4.74 Å². The van der Waals surface area contributed by atoms with Crippen LogP contribution in [0, 0.1) is 24.1 Å². The summed E-state index contributed by atoms with van der Waals surface area (Å²) < 4.78 is 22.6. The van der Waals surface area contributed by atoms with Crippen molar-refractivity contribution in [1.29, 1.82) is 5.26 Å². The number of nitriles is 1. The molecule has 1 saturated carbocycles. The van der Waals surface area contributed by atoms with E-state index in [1.165, 1.54) is 0 Å². The van der Waals surface area contributed by atoms with Gasteiger partial charge in [-0.15, -0.1) is 0 Å². The van der Waals surface area contributed by atoms with Gasteiger partial charge in [0, 0.05) is 7.05 Å². The third kappa shape index (κ3) is 2.42. The van der Waals surface area contributed by atoms with Gasteiger partial charge in [0.25, 0.3) is 0 Å². The van der Waals surface area contributed by atoms with Crippen molar-refractivity contribution in [2.45, 2.75) is 25.9 Å². The monoisotopic (exact) mass is 349 g/mol. The normalized spacial score (nSPS) is 14.0. The van der Waals surface area contributed by atoms with Crippen molar-refractivity contribution in [2.24, 2.45) is 7.05 Å². The fraction of sp³-hybridized carbons (Fsp3) is 0.333. The van der Waals surface area contributed by atoms with Gasteiger partial charge in [-0.05, 0) is 47.3 Å². The van der Waals surface area contributed by atoms with Crippen LogP contribution in [0.5, 0.6) is 5.75 Å². The van der Waals surface area contributed by atoms with Crippen molar-refractivity contribution in [3.63, 3.8) is 0 Å². The van der Waals surface area contributed by atoms with Crippen LogP contribution in [-0.2, 0) is 7.05 Å². The van der Waals surface area contributed by atoms with E-state index in [9.17, 15) is 9.65 Å². The molecule has 6 heteroatoms. The molecule has 1 aliphatic rings. The van der Waals surface area contributed by atoms with Crippen molar-refractivity contribution in [3.8, 4) is 23.1 Å². The van der Waals surface area contributed by atoms with Crippen LogP contribution in [0.4, 0.5) is 4.39 Å². The van der Waals surface area contributed by atoms with Gasteiger partial charge in [-0.2, -0.15) is 10.4 Å². The van der Waals surface area contributed by atoms with E-state index in [4.69, 9.17) is 4.74 Å². The molecule has 0 spiro atoms. The minimum absolute atomic E-state index is 0.143. The molecule has 4 nitrogen and oxygen atoms in total. The van der Waals surface area contributed by atoms with Gasteiger partial charge in [0.05, 0.1) is 28.0 Å². The largest absolute Gasteiger partial charge is 0.489 e. The molecule has 0 aliphatic heterocycles. The number of hydrogen-bond acceptors (Lipinski definition) is 3. The minimum Gasteiger partial charge on any atom is -0.489 e. The van der Waals surface area contributed by atoms with Gasteiger partial charge in [-0.25, -0.2) is 4.39 Å². The molecular weight excluding hydrogens is 337 g/mol. The molecule has 1 heterocycles. The predicted molar refractivity (Wildman–Crippen MR) is 79.4 cm³/mol. The average Bonchev–Trinajstić information content (AvgIpc) is 3.20. The van der Waals surface area contributed by atoms with Gasteiger partial charge in [-0.1, -0.05) is 0 Å². The summed E-state index contributed by atoms with van der Waals surface area (Å²) in [6.07, 6.45) is 3.68. The molecule has 0 saturated heterocycles. The molecule has 1 aromatic carbocycles. The Morgan fingerprint density at radius 2 is 2.24 bits per heavy atom. The zero-order chi connectivity index (χ0) is 15.1. The fourth-order valence-corrected chi connectivity index (χ4v) is 2.79. The first kappa shape index (κ1) is 14.1. The van der Waals surface area contributed by atoms with E-state index in [0.29, 0.717) is 21.5 Å².